The second kappa shape index (κ2) is 5.67. The molecule has 0 heterocycles. The highest BCUT2D eigenvalue weighted by molar-refractivity contribution is 5.77. The van der Waals surface area contributed by atoms with Crippen LogP contribution in [-0.2, 0) is 4.79 Å². The lowest BCUT2D eigenvalue weighted by molar-refractivity contribution is -0.127. The zero-order chi connectivity index (χ0) is 12.2. The normalized spacial score (nSPS) is 24.9. The minimum Gasteiger partial charge on any atom is -0.348 e. The first-order valence-electron chi connectivity index (χ1n) is 6.34. The van der Waals surface area contributed by atoms with Crippen LogP contribution < -0.4 is 5.32 Å². The van der Waals surface area contributed by atoms with Gasteiger partial charge in [0.05, 0.1) is 6.54 Å². The molecule has 1 amide bonds. The molecular formula is C13H26N2O. The predicted octanol–water partition coefficient (Wildman–Crippen LogP) is 2.02. The Labute approximate surface area is 99.6 Å². The first-order valence-corrected chi connectivity index (χ1v) is 6.34. The molecule has 0 aromatic rings. The van der Waals surface area contributed by atoms with Gasteiger partial charge in [-0.2, -0.15) is 0 Å². The number of amides is 1. The van der Waals surface area contributed by atoms with E-state index in [-0.39, 0.29) is 5.91 Å². The Hall–Kier alpha value is -0.570. The highest BCUT2D eigenvalue weighted by Gasteiger charge is 2.24. The standard InChI is InChI=1S/C13H26N2O/c1-13(2)8-5-6-11(7-9-13)14-10-12(16)15(3)4/h11,14H,5-10H2,1-4H3. The van der Waals surface area contributed by atoms with E-state index in [9.17, 15) is 4.79 Å². The Bertz CT molecular complexity index is 236. The molecule has 0 aliphatic heterocycles. The van der Waals surface area contributed by atoms with Crippen molar-refractivity contribution in [2.75, 3.05) is 20.6 Å². The highest BCUT2D eigenvalue weighted by Crippen LogP contribution is 2.33. The topological polar surface area (TPSA) is 32.3 Å². The summed E-state index contributed by atoms with van der Waals surface area (Å²) in [4.78, 5) is 13.1. The number of rotatable bonds is 3. The molecule has 3 nitrogen and oxygen atoms in total. The maximum absolute atomic E-state index is 11.5. The van der Waals surface area contributed by atoms with Gasteiger partial charge in [0.25, 0.3) is 0 Å². The molecule has 1 fully saturated rings. The summed E-state index contributed by atoms with van der Waals surface area (Å²) in [6.07, 6.45) is 6.27. The summed E-state index contributed by atoms with van der Waals surface area (Å²) in [5, 5.41) is 3.39. The molecule has 0 aromatic heterocycles. The summed E-state index contributed by atoms with van der Waals surface area (Å²) in [5.41, 5.74) is 0.488. The number of hydrogen-bond donors (Lipinski definition) is 1. The SMILES string of the molecule is CN(C)C(=O)CNC1CCCC(C)(C)CC1. The van der Waals surface area contributed by atoms with Crippen LogP contribution >= 0.6 is 0 Å². The van der Waals surface area contributed by atoms with Gasteiger partial charge in [-0.15, -0.1) is 0 Å². The van der Waals surface area contributed by atoms with Gasteiger partial charge in [0.1, 0.15) is 0 Å². The first kappa shape index (κ1) is 13.5. The molecule has 1 aliphatic carbocycles. The Kier molecular flexibility index (Phi) is 4.78. The average molecular weight is 226 g/mol. The van der Waals surface area contributed by atoms with Gasteiger partial charge < -0.3 is 10.2 Å². The van der Waals surface area contributed by atoms with Gasteiger partial charge in [0.15, 0.2) is 0 Å². The van der Waals surface area contributed by atoms with Gasteiger partial charge in [-0.05, 0) is 31.1 Å². The van der Waals surface area contributed by atoms with Gasteiger partial charge in [-0.3, -0.25) is 4.79 Å². The lowest BCUT2D eigenvalue weighted by Gasteiger charge is -2.22. The number of hydrogen-bond acceptors (Lipinski definition) is 2. The van der Waals surface area contributed by atoms with Gasteiger partial charge in [0, 0.05) is 20.1 Å². The molecule has 1 atom stereocenters. The maximum Gasteiger partial charge on any atom is 0.236 e. The van der Waals surface area contributed by atoms with Crippen molar-refractivity contribution >= 4 is 5.91 Å². The van der Waals surface area contributed by atoms with Crippen molar-refractivity contribution in [3.63, 3.8) is 0 Å². The predicted molar refractivity (Wildman–Crippen MR) is 67.4 cm³/mol. The molecule has 0 bridgehead atoms. The zero-order valence-corrected chi connectivity index (χ0v) is 11.2. The molecule has 1 aliphatic rings. The highest BCUT2D eigenvalue weighted by atomic mass is 16.2. The fourth-order valence-corrected chi connectivity index (χ4v) is 2.26. The van der Waals surface area contributed by atoms with Crippen molar-refractivity contribution in [3.05, 3.63) is 0 Å². The van der Waals surface area contributed by atoms with Crippen LogP contribution in [0.25, 0.3) is 0 Å². The molecule has 0 saturated heterocycles. The van der Waals surface area contributed by atoms with Crippen LogP contribution in [0, 0.1) is 5.41 Å². The van der Waals surface area contributed by atoms with Crippen molar-refractivity contribution in [1.29, 1.82) is 0 Å². The lowest BCUT2D eigenvalue weighted by atomic mass is 9.85. The molecule has 0 spiro atoms. The van der Waals surface area contributed by atoms with E-state index in [1.807, 2.05) is 0 Å². The molecule has 1 saturated carbocycles. The average Bonchev–Trinajstić information content (AvgIpc) is 2.36. The van der Waals surface area contributed by atoms with E-state index in [0.717, 1.165) is 0 Å². The summed E-state index contributed by atoms with van der Waals surface area (Å²) in [6, 6.07) is 0.533. The van der Waals surface area contributed by atoms with Crippen LogP contribution in [0.4, 0.5) is 0 Å². The van der Waals surface area contributed by atoms with Gasteiger partial charge in [0.2, 0.25) is 5.91 Å². The van der Waals surface area contributed by atoms with Gasteiger partial charge in [-0.25, -0.2) is 0 Å². The van der Waals surface area contributed by atoms with Crippen LogP contribution in [0.15, 0.2) is 0 Å². The van der Waals surface area contributed by atoms with Crippen molar-refractivity contribution in [3.8, 4) is 0 Å². The van der Waals surface area contributed by atoms with Crippen molar-refractivity contribution < 1.29 is 4.79 Å². The van der Waals surface area contributed by atoms with Crippen LogP contribution in [0.2, 0.25) is 0 Å². The quantitative estimate of drug-likeness (QED) is 0.747. The summed E-state index contributed by atoms with van der Waals surface area (Å²) < 4.78 is 0. The summed E-state index contributed by atoms with van der Waals surface area (Å²) in [5.74, 6) is 0.170. The van der Waals surface area contributed by atoms with E-state index >= 15 is 0 Å². The number of carbonyl (C=O) groups excluding carboxylic acids is 1. The summed E-state index contributed by atoms with van der Waals surface area (Å²) in [7, 11) is 3.61. The van der Waals surface area contributed by atoms with Crippen LogP contribution in [-0.4, -0.2) is 37.5 Å². The molecular weight excluding hydrogens is 200 g/mol. The zero-order valence-electron chi connectivity index (χ0n) is 11.2. The summed E-state index contributed by atoms with van der Waals surface area (Å²) in [6.45, 7) is 5.18. The van der Waals surface area contributed by atoms with E-state index in [0.29, 0.717) is 18.0 Å². The Morgan fingerprint density at radius 1 is 1.31 bits per heavy atom. The molecule has 3 heteroatoms. The molecule has 0 aromatic carbocycles. The fraction of sp³-hybridized carbons (Fsp3) is 0.923. The second-order valence-corrected chi connectivity index (χ2v) is 5.96. The first-order chi connectivity index (χ1) is 7.41. The van der Waals surface area contributed by atoms with E-state index in [1.165, 1.54) is 32.1 Å². The summed E-state index contributed by atoms with van der Waals surface area (Å²) >= 11 is 0. The maximum atomic E-state index is 11.5. The monoisotopic (exact) mass is 226 g/mol. The van der Waals surface area contributed by atoms with E-state index < -0.39 is 0 Å². The number of carbonyl (C=O) groups is 1. The Morgan fingerprint density at radius 3 is 2.62 bits per heavy atom. The molecule has 1 unspecified atom stereocenters. The van der Waals surface area contributed by atoms with Gasteiger partial charge in [-0.1, -0.05) is 20.3 Å². The third-order valence-corrected chi connectivity index (χ3v) is 3.62. The second-order valence-electron chi connectivity index (χ2n) is 5.96. The number of likely N-dealkylation sites (N-methyl/N-ethyl adjacent to an activating group) is 1. The minimum atomic E-state index is 0.170. The fourth-order valence-electron chi connectivity index (χ4n) is 2.26. The van der Waals surface area contributed by atoms with E-state index in [2.05, 4.69) is 19.2 Å². The Morgan fingerprint density at radius 2 is 2.00 bits per heavy atom. The molecule has 16 heavy (non-hydrogen) atoms. The van der Waals surface area contributed by atoms with Crippen LogP contribution in [0.3, 0.4) is 0 Å². The lowest BCUT2D eigenvalue weighted by Crippen LogP contribution is -2.38. The minimum absolute atomic E-state index is 0.170. The van der Waals surface area contributed by atoms with Crippen LogP contribution in [0.1, 0.15) is 46.0 Å². The van der Waals surface area contributed by atoms with Crippen LogP contribution in [0.5, 0.6) is 0 Å². The van der Waals surface area contributed by atoms with Gasteiger partial charge >= 0.3 is 0 Å². The third-order valence-electron chi connectivity index (χ3n) is 3.62. The largest absolute Gasteiger partial charge is 0.348 e. The van der Waals surface area contributed by atoms with Crippen molar-refractivity contribution in [1.82, 2.24) is 10.2 Å². The third kappa shape index (κ3) is 4.52. The molecule has 1 N–H and O–H groups in total. The number of nitrogens with zero attached hydrogens (tertiary/aromatic N) is 1. The smallest absolute Gasteiger partial charge is 0.236 e. The number of nitrogens with one attached hydrogen (secondary N) is 1. The van der Waals surface area contributed by atoms with Crippen molar-refractivity contribution in [2.45, 2.75) is 52.0 Å². The molecule has 0 radical (unpaired) electrons. The molecule has 1 rings (SSSR count). The Balaban J connectivity index is 2.31. The molecule has 94 valence electrons. The van der Waals surface area contributed by atoms with E-state index in [1.54, 1.807) is 19.0 Å². The van der Waals surface area contributed by atoms with E-state index in [4.69, 9.17) is 0 Å². The van der Waals surface area contributed by atoms with Crippen molar-refractivity contribution in [2.24, 2.45) is 5.41 Å².